The Morgan fingerprint density at radius 1 is 1.44 bits per heavy atom. The number of halogens is 1. The quantitative estimate of drug-likeness (QED) is 0.688. The Balaban J connectivity index is 2.93. The van der Waals surface area contributed by atoms with Crippen molar-refractivity contribution in [2.75, 3.05) is 6.54 Å². The van der Waals surface area contributed by atoms with Crippen LogP contribution in [0.4, 0.5) is 5.69 Å². The summed E-state index contributed by atoms with van der Waals surface area (Å²) in [6.07, 6.45) is 0. The van der Waals surface area contributed by atoms with Crippen LogP contribution in [0.3, 0.4) is 0 Å². The largest absolute Gasteiger partial charge is 0.351 e. The molecule has 1 rings (SSSR count). The molecule has 1 aromatic carbocycles. The van der Waals surface area contributed by atoms with Gasteiger partial charge in [0.15, 0.2) is 0 Å². The Hall–Kier alpha value is -1.43. The summed E-state index contributed by atoms with van der Waals surface area (Å²) in [4.78, 5) is 22.2. The summed E-state index contributed by atoms with van der Waals surface area (Å²) in [6, 6.07) is 4.40. The zero-order chi connectivity index (χ0) is 13.9. The van der Waals surface area contributed by atoms with Crippen LogP contribution in [0.15, 0.2) is 22.7 Å². The molecule has 0 aliphatic carbocycles. The van der Waals surface area contributed by atoms with Crippen LogP contribution in [0.25, 0.3) is 0 Å². The molecule has 0 aliphatic heterocycles. The number of nitrogens with one attached hydrogen (secondary N) is 1. The van der Waals surface area contributed by atoms with Gasteiger partial charge in [-0.1, -0.05) is 26.8 Å². The zero-order valence-corrected chi connectivity index (χ0v) is 12.1. The summed E-state index contributed by atoms with van der Waals surface area (Å²) >= 11 is 3.10. The standard InChI is InChI=1S/C12H15BrN2O3/c1-12(2,3)7-14-11(16)8-5-4-6-9(10(8)13)15(17)18/h4-6H,7H2,1-3H3,(H,14,16). The molecule has 0 saturated carbocycles. The van der Waals surface area contributed by atoms with E-state index in [1.807, 2.05) is 20.8 Å². The first-order chi connectivity index (χ1) is 8.22. The number of hydrogen-bond donors (Lipinski definition) is 1. The third kappa shape index (κ3) is 3.80. The fourth-order valence-corrected chi connectivity index (χ4v) is 1.87. The molecule has 0 heterocycles. The van der Waals surface area contributed by atoms with Gasteiger partial charge in [0.2, 0.25) is 0 Å². The van der Waals surface area contributed by atoms with Gasteiger partial charge in [-0.15, -0.1) is 0 Å². The van der Waals surface area contributed by atoms with E-state index in [0.29, 0.717) is 6.54 Å². The van der Waals surface area contributed by atoms with Gasteiger partial charge in [0, 0.05) is 12.6 Å². The second kappa shape index (κ2) is 5.48. The first-order valence-electron chi connectivity index (χ1n) is 5.43. The number of carbonyl (C=O) groups excluding carboxylic acids is 1. The highest BCUT2D eigenvalue weighted by Gasteiger charge is 2.20. The van der Waals surface area contributed by atoms with Crippen molar-refractivity contribution in [3.8, 4) is 0 Å². The lowest BCUT2D eigenvalue weighted by Crippen LogP contribution is -2.32. The van der Waals surface area contributed by atoms with Gasteiger partial charge in [0.1, 0.15) is 4.47 Å². The predicted octanol–water partition coefficient (Wildman–Crippen LogP) is 3.13. The third-order valence-electron chi connectivity index (χ3n) is 2.20. The summed E-state index contributed by atoms with van der Waals surface area (Å²) in [6.45, 7) is 6.49. The minimum Gasteiger partial charge on any atom is -0.351 e. The van der Waals surface area contributed by atoms with E-state index in [0.717, 1.165) is 0 Å². The number of nitro benzene ring substituents is 1. The van der Waals surface area contributed by atoms with Crippen LogP contribution >= 0.6 is 15.9 Å². The molecule has 6 heteroatoms. The zero-order valence-electron chi connectivity index (χ0n) is 10.5. The summed E-state index contributed by atoms with van der Waals surface area (Å²) in [5, 5.41) is 13.5. The summed E-state index contributed by atoms with van der Waals surface area (Å²) in [7, 11) is 0. The van der Waals surface area contributed by atoms with Crippen molar-refractivity contribution < 1.29 is 9.72 Å². The van der Waals surface area contributed by atoms with Gasteiger partial charge in [-0.05, 0) is 27.4 Å². The number of nitrogens with zero attached hydrogens (tertiary/aromatic N) is 1. The smallest absolute Gasteiger partial charge is 0.284 e. The Bertz CT molecular complexity index is 481. The number of hydrogen-bond acceptors (Lipinski definition) is 3. The maximum Gasteiger partial charge on any atom is 0.284 e. The van der Waals surface area contributed by atoms with Crippen molar-refractivity contribution in [2.24, 2.45) is 5.41 Å². The van der Waals surface area contributed by atoms with E-state index in [-0.39, 0.29) is 27.0 Å². The second-order valence-electron chi connectivity index (χ2n) is 5.14. The van der Waals surface area contributed by atoms with Crippen molar-refractivity contribution >= 4 is 27.5 Å². The number of amides is 1. The topological polar surface area (TPSA) is 72.2 Å². The van der Waals surface area contributed by atoms with E-state index in [4.69, 9.17) is 0 Å². The highest BCUT2D eigenvalue weighted by atomic mass is 79.9. The fraction of sp³-hybridized carbons (Fsp3) is 0.417. The highest BCUT2D eigenvalue weighted by Crippen LogP contribution is 2.28. The van der Waals surface area contributed by atoms with Gasteiger partial charge in [-0.25, -0.2) is 0 Å². The average molecular weight is 315 g/mol. The SMILES string of the molecule is CC(C)(C)CNC(=O)c1cccc([N+](=O)[O-])c1Br. The second-order valence-corrected chi connectivity index (χ2v) is 5.93. The molecule has 0 atom stereocenters. The van der Waals surface area contributed by atoms with Crippen LogP contribution in [0.1, 0.15) is 31.1 Å². The Morgan fingerprint density at radius 3 is 2.56 bits per heavy atom. The average Bonchev–Trinajstić information content (AvgIpc) is 2.24. The van der Waals surface area contributed by atoms with Crippen LogP contribution in [0, 0.1) is 15.5 Å². The van der Waals surface area contributed by atoms with Crippen LogP contribution < -0.4 is 5.32 Å². The molecule has 0 fully saturated rings. The van der Waals surface area contributed by atoms with Crippen LogP contribution in [0.5, 0.6) is 0 Å². The van der Waals surface area contributed by atoms with Crippen molar-refractivity contribution in [2.45, 2.75) is 20.8 Å². The van der Waals surface area contributed by atoms with Crippen molar-refractivity contribution in [3.05, 3.63) is 38.3 Å². The normalized spacial score (nSPS) is 11.1. The van der Waals surface area contributed by atoms with Gasteiger partial charge in [-0.2, -0.15) is 0 Å². The maximum absolute atomic E-state index is 11.9. The van der Waals surface area contributed by atoms with Crippen LogP contribution in [-0.2, 0) is 0 Å². The highest BCUT2D eigenvalue weighted by molar-refractivity contribution is 9.10. The molecule has 0 radical (unpaired) electrons. The molecule has 1 amide bonds. The summed E-state index contributed by atoms with van der Waals surface area (Å²) < 4.78 is 0.210. The minimum absolute atomic E-state index is 0.0388. The lowest BCUT2D eigenvalue weighted by Gasteiger charge is -2.18. The maximum atomic E-state index is 11.9. The first-order valence-corrected chi connectivity index (χ1v) is 6.23. The third-order valence-corrected chi connectivity index (χ3v) is 3.03. The molecule has 0 bridgehead atoms. The molecule has 0 unspecified atom stereocenters. The molecular weight excluding hydrogens is 300 g/mol. The summed E-state index contributed by atoms with van der Waals surface area (Å²) in [5.41, 5.74) is 0.120. The van der Waals surface area contributed by atoms with Crippen molar-refractivity contribution in [3.63, 3.8) is 0 Å². The van der Waals surface area contributed by atoms with Gasteiger partial charge in [0.25, 0.3) is 11.6 Å². The van der Waals surface area contributed by atoms with Gasteiger partial charge in [0.05, 0.1) is 10.5 Å². The molecule has 98 valence electrons. The molecule has 0 aliphatic rings. The van der Waals surface area contributed by atoms with E-state index in [1.54, 1.807) is 6.07 Å². The van der Waals surface area contributed by atoms with Crippen LogP contribution in [0.2, 0.25) is 0 Å². The lowest BCUT2D eigenvalue weighted by atomic mass is 9.97. The van der Waals surface area contributed by atoms with Gasteiger partial charge in [-0.3, -0.25) is 14.9 Å². The molecule has 0 spiro atoms. The number of benzene rings is 1. The Morgan fingerprint density at radius 2 is 2.06 bits per heavy atom. The van der Waals surface area contributed by atoms with Crippen molar-refractivity contribution in [1.29, 1.82) is 0 Å². The van der Waals surface area contributed by atoms with E-state index in [9.17, 15) is 14.9 Å². The van der Waals surface area contributed by atoms with Crippen LogP contribution in [-0.4, -0.2) is 17.4 Å². The fourth-order valence-electron chi connectivity index (χ4n) is 1.28. The monoisotopic (exact) mass is 314 g/mol. The lowest BCUT2D eigenvalue weighted by molar-refractivity contribution is -0.385. The molecule has 1 N–H and O–H groups in total. The molecule has 1 aromatic rings. The first kappa shape index (κ1) is 14.6. The minimum atomic E-state index is -0.523. The number of rotatable bonds is 3. The van der Waals surface area contributed by atoms with E-state index >= 15 is 0 Å². The van der Waals surface area contributed by atoms with E-state index in [2.05, 4.69) is 21.2 Å². The Kier molecular flexibility index (Phi) is 4.45. The van der Waals surface area contributed by atoms with Crippen molar-refractivity contribution in [1.82, 2.24) is 5.32 Å². The number of nitro groups is 1. The van der Waals surface area contributed by atoms with E-state index in [1.165, 1.54) is 12.1 Å². The Labute approximate surface area is 114 Å². The summed E-state index contributed by atoms with van der Waals surface area (Å²) in [5.74, 6) is -0.319. The molecule has 0 saturated heterocycles. The van der Waals surface area contributed by atoms with E-state index < -0.39 is 4.92 Å². The molecule has 18 heavy (non-hydrogen) atoms. The van der Waals surface area contributed by atoms with Gasteiger partial charge >= 0.3 is 0 Å². The number of carbonyl (C=O) groups is 1. The predicted molar refractivity (Wildman–Crippen MR) is 72.6 cm³/mol. The molecular formula is C12H15BrN2O3. The van der Waals surface area contributed by atoms with Gasteiger partial charge < -0.3 is 5.32 Å². The molecule has 0 aromatic heterocycles. The molecule has 5 nitrogen and oxygen atoms in total.